The molecule has 0 bridgehead atoms. The zero-order chi connectivity index (χ0) is 25.3. The van der Waals surface area contributed by atoms with Gasteiger partial charge in [-0.25, -0.2) is 0 Å². The standard InChI is InChI=1S/C27H23ClN6O3/c28-16-4-1-14(2-5-16)17-6-8-23(29-25(17)35)27(37)34-12-20-18-10-33(11-19(18)21(20)13-34)26(36)15-3-7-22-24(9-15)31-32-30-22/h1-9,18-21H,10-13H2,(H,29,35)(H,30,31,32)/t18-,19+,20?,21?. The van der Waals surface area contributed by atoms with Crippen molar-refractivity contribution < 1.29 is 9.59 Å². The molecule has 2 amide bonds. The molecule has 7 rings (SSSR count). The topological polar surface area (TPSA) is 115 Å². The Hall–Kier alpha value is -3.98. The van der Waals surface area contributed by atoms with Gasteiger partial charge in [0.1, 0.15) is 16.7 Å². The van der Waals surface area contributed by atoms with Crippen LogP contribution in [-0.4, -0.2) is 68.2 Å². The molecule has 2 aromatic carbocycles. The minimum Gasteiger partial charge on any atom is -0.338 e. The molecule has 2 unspecified atom stereocenters. The Morgan fingerprint density at radius 1 is 0.784 bits per heavy atom. The maximum atomic E-state index is 13.2. The lowest BCUT2D eigenvalue weighted by molar-refractivity contribution is 0.0629. The molecule has 1 saturated carbocycles. The van der Waals surface area contributed by atoms with Gasteiger partial charge in [0.05, 0.1) is 0 Å². The second kappa shape index (κ2) is 8.27. The van der Waals surface area contributed by atoms with Crippen LogP contribution < -0.4 is 5.56 Å². The van der Waals surface area contributed by atoms with E-state index in [0.29, 0.717) is 77.2 Å². The molecule has 0 radical (unpaired) electrons. The minimum atomic E-state index is -0.301. The van der Waals surface area contributed by atoms with Crippen molar-refractivity contribution in [3.05, 3.63) is 81.2 Å². The lowest BCUT2D eigenvalue weighted by Crippen LogP contribution is -2.44. The summed E-state index contributed by atoms with van der Waals surface area (Å²) in [5, 5.41) is 11.3. The van der Waals surface area contributed by atoms with Crippen molar-refractivity contribution in [2.75, 3.05) is 26.2 Å². The highest BCUT2D eigenvalue weighted by Gasteiger charge is 2.59. The number of rotatable bonds is 3. The number of likely N-dealkylation sites (tertiary alicyclic amines) is 2. The number of nitrogens with one attached hydrogen (secondary N) is 2. The Balaban J connectivity index is 1.02. The van der Waals surface area contributed by atoms with E-state index in [-0.39, 0.29) is 17.4 Å². The molecule has 3 aliphatic rings. The third-order valence-corrected chi connectivity index (χ3v) is 8.61. The monoisotopic (exact) mass is 514 g/mol. The number of amides is 2. The minimum absolute atomic E-state index is 0.0173. The fraction of sp³-hybridized carbons (Fsp3) is 0.296. The molecule has 2 aliphatic heterocycles. The normalized spacial score (nSPS) is 24.1. The van der Waals surface area contributed by atoms with Crippen molar-refractivity contribution >= 4 is 34.4 Å². The van der Waals surface area contributed by atoms with Gasteiger partial charge in [-0.1, -0.05) is 23.7 Å². The van der Waals surface area contributed by atoms with Crippen LogP contribution in [0.5, 0.6) is 0 Å². The van der Waals surface area contributed by atoms with Gasteiger partial charge >= 0.3 is 0 Å². The first-order valence-corrected chi connectivity index (χ1v) is 12.7. The van der Waals surface area contributed by atoms with Crippen LogP contribution in [-0.2, 0) is 0 Å². The highest BCUT2D eigenvalue weighted by atomic mass is 35.5. The van der Waals surface area contributed by atoms with E-state index in [1.54, 1.807) is 54.6 Å². The quantitative estimate of drug-likeness (QED) is 0.436. The van der Waals surface area contributed by atoms with E-state index in [0.717, 1.165) is 11.1 Å². The smallest absolute Gasteiger partial charge is 0.270 e. The number of aromatic nitrogens is 4. The van der Waals surface area contributed by atoms with Crippen LogP contribution in [0.4, 0.5) is 0 Å². The number of hydrogen-bond donors (Lipinski definition) is 2. The molecule has 37 heavy (non-hydrogen) atoms. The van der Waals surface area contributed by atoms with Gasteiger partial charge in [0.25, 0.3) is 17.4 Å². The second-order valence-electron chi connectivity index (χ2n) is 10.2. The summed E-state index contributed by atoms with van der Waals surface area (Å²) in [4.78, 5) is 45.7. The average Bonchev–Trinajstić information content (AvgIpc) is 3.62. The maximum Gasteiger partial charge on any atom is 0.270 e. The molecule has 2 saturated heterocycles. The van der Waals surface area contributed by atoms with Crippen LogP contribution in [0.15, 0.2) is 59.4 Å². The lowest BCUT2D eigenvalue weighted by Gasteiger charge is -2.42. The van der Waals surface area contributed by atoms with E-state index in [9.17, 15) is 14.4 Å². The number of nitrogens with zero attached hydrogens (tertiary/aromatic N) is 4. The summed E-state index contributed by atoms with van der Waals surface area (Å²) in [5.74, 6) is 1.42. The van der Waals surface area contributed by atoms with Gasteiger partial charge in [0, 0.05) is 42.3 Å². The zero-order valence-corrected chi connectivity index (χ0v) is 20.5. The fourth-order valence-corrected chi connectivity index (χ4v) is 6.61. The second-order valence-corrected chi connectivity index (χ2v) is 10.7. The molecule has 2 N–H and O–H groups in total. The molecular weight excluding hydrogens is 492 g/mol. The first-order chi connectivity index (χ1) is 18.0. The van der Waals surface area contributed by atoms with Crippen LogP contribution in [0, 0.1) is 23.7 Å². The Kier molecular flexibility index (Phi) is 4.97. The van der Waals surface area contributed by atoms with Gasteiger partial charge in [-0.3, -0.25) is 14.4 Å². The largest absolute Gasteiger partial charge is 0.338 e. The van der Waals surface area contributed by atoms with Gasteiger partial charge in [-0.15, -0.1) is 0 Å². The number of halogens is 1. The average molecular weight is 515 g/mol. The summed E-state index contributed by atoms with van der Waals surface area (Å²) < 4.78 is 0. The Bertz CT molecular complexity index is 1590. The van der Waals surface area contributed by atoms with E-state index in [1.807, 2.05) is 9.80 Å². The van der Waals surface area contributed by atoms with Gasteiger partial charge in [-0.05, 0) is 71.7 Å². The van der Waals surface area contributed by atoms with Crippen molar-refractivity contribution in [3.63, 3.8) is 0 Å². The molecule has 4 aromatic rings. The summed E-state index contributed by atoms with van der Waals surface area (Å²) in [6, 6.07) is 15.8. The summed E-state index contributed by atoms with van der Waals surface area (Å²) in [7, 11) is 0. The van der Waals surface area contributed by atoms with Crippen molar-refractivity contribution in [1.82, 2.24) is 30.2 Å². The SMILES string of the molecule is O=C(c1ccc2n[nH]nc2c1)N1C[C@@H]2C3CN(C(=O)c4ccc(-c5ccc(Cl)cc5)c(=O)[nH]4)CC3[C@@H]2C1. The van der Waals surface area contributed by atoms with Crippen LogP contribution in [0.1, 0.15) is 20.8 Å². The third-order valence-electron chi connectivity index (χ3n) is 8.36. The molecule has 4 heterocycles. The summed E-state index contributed by atoms with van der Waals surface area (Å²) in [6.07, 6.45) is 0. The van der Waals surface area contributed by atoms with E-state index in [4.69, 9.17) is 11.6 Å². The number of fused-ring (bicyclic) bond motifs is 5. The molecule has 0 spiro atoms. The number of carbonyl (C=O) groups is 2. The molecule has 9 nitrogen and oxygen atoms in total. The van der Waals surface area contributed by atoms with Crippen molar-refractivity contribution in [3.8, 4) is 11.1 Å². The van der Waals surface area contributed by atoms with E-state index < -0.39 is 0 Å². The predicted molar refractivity (Wildman–Crippen MR) is 137 cm³/mol. The molecule has 4 atom stereocenters. The summed E-state index contributed by atoms with van der Waals surface area (Å²) in [6.45, 7) is 2.71. The van der Waals surface area contributed by atoms with Crippen LogP contribution in [0.3, 0.4) is 0 Å². The van der Waals surface area contributed by atoms with E-state index in [1.165, 1.54) is 0 Å². The van der Waals surface area contributed by atoms with E-state index >= 15 is 0 Å². The molecule has 1 aliphatic carbocycles. The third kappa shape index (κ3) is 3.56. The van der Waals surface area contributed by atoms with Gasteiger partial charge in [0.2, 0.25) is 0 Å². The van der Waals surface area contributed by atoms with Crippen molar-refractivity contribution in [2.24, 2.45) is 23.7 Å². The molecule has 10 heteroatoms. The van der Waals surface area contributed by atoms with Crippen LogP contribution >= 0.6 is 11.6 Å². The first kappa shape index (κ1) is 22.2. The number of pyridine rings is 1. The van der Waals surface area contributed by atoms with Crippen LogP contribution in [0.2, 0.25) is 5.02 Å². The maximum absolute atomic E-state index is 13.2. The number of hydrogen-bond acceptors (Lipinski definition) is 5. The molecule has 186 valence electrons. The zero-order valence-electron chi connectivity index (χ0n) is 19.7. The van der Waals surface area contributed by atoms with Gasteiger partial charge < -0.3 is 14.8 Å². The number of carbonyl (C=O) groups excluding carboxylic acids is 2. The van der Waals surface area contributed by atoms with Crippen molar-refractivity contribution in [1.29, 1.82) is 0 Å². The Morgan fingerprint density at radius 3 is 2.05 bits per heavy atom. The van der Waals surface area contributed by atoms with Gasteiger partial charge in [-0.2, -0.15) is 15.4 Å². The van der Waals surface area contributed by atoms with Crippen LogP contribution in [0.25, 0.3) is 22.2 Å². The molecule has 3 fully saturated rings. The Labute approximate surface area is 216 Å². The van der Waals surface area contributed by atoms with Gasteiger partial charge in [0.15, 0.2) is 0 Å². The molecule has 2 aromatic heterocycles. The van der Waals surface area contributed by atoms with E-state index in [2.05, 4.69) is 20.4 Å². The highest BCUT2D eigenvalue weighted by Crippen LogP contribution is 2.54. The van der Waals surface area contributed by atoms with Crippen molar-refractivity contribution in [2.45, 2.75) is 0 Å². The number of aromatic amines is 2. The fourth-order valence-electron chi connectivity index (χ4n) is 6.49. The lowest BCUT2D eigenvalue weighted by atomic mass is 9.60. The Morgan fingerprint density at radius 2 is 1.41 bits per heavy atom. The summed E-state index contributed by atoms with van der Waals surface area (Å²) >= 11 is 5.95. The molecular formula is C27H23ClN6O3. The number of benzene rings is 2. The highest BCUT2D eigenvalue weighted by molar-refractivity contribution is 6.30. The number of H-pyrrole nitrogens is 2. The predicted octanol–water partition coefficient (Wildman–Crippen LogP) is 3.06. The first-order valence-electron chi connectivity index (χ1n) is 12.3. The summed E-state index contributed by atoms with van der Waals surface area (Å²) in [5.41, 5.74) is 3.28.